The summed E-state index contributed by atoms with van der Waals surface area (Å²) in [5, 5.41) is 11.7. The van der Waals surface area contributed by atoms with Crippen molar-refractivity contribution in [1.82, 2.24) is 4.57 Å². The monoisotopic (exact) mass is 469 g/mol. The number of allylic oxidation sites excluding steroid dienone is 2. The number of para-hydroxylation sites is 1. The van der Waals surface area contributed by atoms with Crippen LogP contribution in [0.15, 0.2) is 102 Å². The Morgan fingerprint density at radius 3 is 2.48 bits per heavy atom. The van der Waals surface area contributed by atoms with E-state index in [0.29, 0.717) is 21.2 Å². The Morgan fingerprint density at radius 1 is 1.00 bits per heavy atom. The molecule has 1 aromatic heterocycles. The van der Waals surface area contributed by atoms with Gasteiger partial charge in [-0.25, -0.2) is 9.98 Å². The van der Waals surface area contributed by atoms with Gasteiger partial charge in [-0.2, -0.15) is 0 Å². The molecule has 6 heteroatoms. The molecule has 0 aliphatic carbocycles. The number of aromatic nitrogens is 1. The summed E-state index contributed by atoms with van der Waals surface area (Å²) in [6.07, 6.45) is 3.74. The highest BCUT2D eigenvalue weighted by Crippen LogP contribution is 2.39. The van der Waals surface area contributed by atoms with Crippen LogP contribution in [0.4, 0.5) is 11.4 Å². The zero-order valence-corrected chi connectivity index (χ0v) is 19.2. The highest BCUT2D eigenvalue weighted by Gasteiger charge is 2.23. The molecule has 0 spiro atoms. The molecular formula is C27H20ClN3OS. The van der Waals surface area contributed by atoms with E-state index >= 15 is 0 Å². The maximum absolute atomic E-state index is 11.1. The van der Waals surface area contributed by atoms with Crippen molar-refractivity contribution < 1.29 is 5.11 Å². The lowest BCUT2D eigenvalue weighted by Crippen LogP contribution is -2.12. The average Bonchev–Trinajstić information content (AvgIpc) is 3.35. The number of fused-ring (bicyclic) bond motifs is 1. The van der Waals surface area contributed by atoms with Gasteiger partial charge in [0.05, 0.1) is 22.0 Å². The first-order valence-electron chi connectivity index (χ1n) is 10.4. The van der Waals surface area contributed by atoms with Gasteiger partial charge in [0.2, 0.25) is 5.88 Å². The standard InChI is InChI=1S/C27H20ClN3OS/c1-2-16-31-26(32)24(33-27(31)29-20-14-12-19(28)13-15-20)17-22-21-10-6-7-11-23(21)30-25(22)18-8-4-3-5-9-18/h2-15,17,32H,1,16H2. The minimum absolute atomic E-state index is 0.150. The molecule has 0 saturated heterocycles. The van der Waals surface area contributed by atoms with Gasteiger partial charge in [-0.15, -0.1) is 6.58 Å². The van der Waals surface area contributed by atoms with Gasteiger partial charge in [0.15, 0.2) is 4.80 Å². The second kappa shape index (κ2) is 9.06. The van der Waals surface area contributed by atoms with E-state index in [0.717, 1.165) is 33.8 Å². The number of hydrogen-bond donors (Lipinski definition) is 1. The Balaban J connectivity index is 1.67. The number of nitrogens with zero attached hydrogens (tertiary/aromatic N) is 3. The van der Waals surface area contributed by atoms with Crippen LogP contribution in [0.25, 0.3) is 11.6 Å². The number of aliphatic imine (C=N–C) groups is 1. The molecule has 1 N–H and O–H groups in total. The van der Waals surface area contributed by atoms with Crippen molar-refractivity contribution >= 4 is 51.7 Å². The van der Waals surface area contributed by atoms with Gasteiger partial charge in [-0.3, -0.25) is 4.57 Å². The highest BCUT2D eigenvalue weighted by molar-refractivity contribution is 7.10. The van der Waals surface area contributed by atoms with E-state index in [-0.39, 0.29) is 5.88 Å². The Labute approximate surface area is 200 Å². The second-order valence-corrected chi connectivity index (χ2v) is 8.91. The van der Waals surface area contributed by atoms with Crippen LogP contribution in [-0.4, -0.2) is 15.4 Å². The normalized spacial score (nSPS) is 14.4. The first kappa shape index (κ1) is 21.2. The van der Waals surface area contributed by atoms with Crippen molar-refractivity contribution in [1.29, 1.82) is 0 Å². The first-order valence-corrected chi connectivity index (χ1v) is 11.6. The van der Waals surface area contributed by atoms with Crippen LogP contribution < -0.4 is 4.80 Å². The number of hydrogen-bond acceptors (Lipinski definition) is 4. The minimum Gasteiger partial charge on any atom is -0.493 e. The summed E-state index contributed by atoms with van der Waals surface area (Å²) in [6, 6.07) is 25.4. The van der Waals surface area contributed by atoms with Gasteiger partial charge in [-0.1, -0.05) is 77.5 Å². The number of rotatable bonds is 5. The van der Waals surface area contributed by atoms with Crippen LogP contribution in [-0.2, 0) is 6.54 Å². The molecule has 4 aromatic rings. The van der Waals surface area contributed by atoms with E-state index < -0.39 is 0 Å². The summed E-state index contributed by atoms with van der Waals surface area (Å²) in [6.45, 7) is 4.27. The summed E-state index contributed by atoms with van der Waals surface area (Å²) in [5.41, 5.74) is 5.60. The molecule has 4 nitrogen and oxygen atoms in total. The van der Waals surface area contributed by atoms with E-state index in [1.165, 1.54) is 11.3 Å². The maximum atomic E-state index is 11.1. The molecule has 33 heavy (non-hydrogen) atoms. The van der Waals surface area contributed by atoms with Crippen LogP contribution in [0.1, 0.15) is 16.0 Å². The lowest BCUT2D eigenvalue weighted by atomic mass is 9.97. The molecule has 0 fully saturated rings. The molecule has 1 aliphatic rings. The van der Waals surface area contributed by atoms with E-state index in [1.54, 1.807) is 22.8 Å². The van der Waals surface area contributed by atoms with E-state index in [4.69, 9.17) is 21.6 Å². The van der Waals surface area contributed by atoms with Crippen molar-refractivity contribution in [3.8, 4) is 5.88 Å². The van der Waals surface area contributed by atoms with Crippen LogP contribution in [0, 0.1) is 0 Å². The molecule has 0 atom stereocenters. The van der Waals surface area contributed by atoms with Gasteiger partial charge in [0.25, 0.3) is 0 Å². The minimum atomic E-state index is 0.150. The fraction of sp³-hybridized carbons (Fsp3) is 0.0370. The summed E-state index contributed by atoms with van der Waals surface area (Å²) in [4.78, 5) is 11.0. The van der Waals surface area contributed by atoms with Gasteiger partial charge in [0.1, 0.15) is 0 Å². The molecule has 0 radical (unpaired) electrons. The van der Waals surface area contributed by atoms with Gasteiger partial charge in [-0.05, 0) is 36.4 Å². The molecule has 0 amide bonds. The zero-order valence-electron chi connectivity index (χ0n) is 17.6. The van der Waals surface area contributed by atoms with Gasteiger partial charge in [0, 0.05) is 28.3 Å². The highest BCUT2D eigenvalue weighted by atomic mass is 35.5. The SMILES string of the molecule is C=CCn1c(O)c(C=C2C(c3ccccc3)=Nc3ccccc32)sc1=Nc1ccc(Cl)cc1. The Morgan fingerprint density at radius 2 is 1.73 bits per heavy atom. The molecule has 3 aromatic carbocycles. The summed E-state index contributed by atoms with van der Waals surface area (Å²) in [7, 11) is 0. The number of halogens is 1. The number of aromatic hydroxyl groups is 1. The lowest BCUT2D eigenvalue weighted by molar-refractivity contribution is 0.421. The van der Waals surface area contributed by atoms with Crippen molar-refractivity contribution in [2.75, 3.05) is 0 Å². The number of benzene rings is 3. The maximum Gasteiger partial charge on any atom is 0.211 e. The molecular weight excluding hydrogens is 450 g/mol. The summed E-state index contributed by atoms with van der Waals surface area (Å²) < 4.78 is 1.75. The summed E-state index contributed by atoms with van der Waals surface area (Å²) in [5.74, 6) is 0.150. The lowest BCUT2D eigenvalue weighted by Gasteiger charge is -2.06. The average molecular weight is 470 g/mol. The molecule has 2 heterocycles. The Bertz CT molecular complexity index is 1460. The fourth-order valence-corrected chi connectivity index (χ4v) is 4.84. The first-order chi connectivity index (χ1) is 16.1. The molecule has 0 bridgehead atoms. The van der Waals surface area contributed by atoms with Crippen LogP contribution in [0.2, 0.25) is 5.02 Å². The van der Waals surface area contributed by atoms with Crippen molar-refractivity contribution in [3.05, 3.63) is 117 Å². The van der Waals surface area contributed by atoms with Crippen molar-refractivity contribution in [2.24, 2.45) is 9.98 Å². The largest absolute Gasteiger partial charge is 0.493 e. The van der Waals surface area contributed by atoms with Crippen LogP contribution >= 0.6 is 22.9 Å². The number of thiazole rings is 1. The van der Waals surface area contributed by atoms with E-state index in [1.807, 2.05) is 66.7 Å². The Kier molecular flexibility index (Phi) is 5.82. The predicted octanol–water partition coefficient (Wildman–Crippen LogP) is 7.00. The molecule has 0 unspecified atom stereocenters. The third kappa shape index (κ3) is 4.21. The molecule has 0 saturated carbocycles. The van der Waals surface area contributed by atoms with Crippen molar-refractivity contribution in [2.45, 2.75) is 6.54 Å². The fourth-order valence-electron chi connectivity index (χ4n) is 3.72. The molecule has 5 rings (SSSR count). The molecule has 162 valence electrons. The summed E-state index contributed by atoms with van der Waals surface area (Å²) >= 11 is 7.43. The topological polar surface area (TPSA) is 49.9 Å². The predicted molar refractivity (Wildman–Crippen MR) is 138 cm³/mol. The van der Waals surface area contributed by atoms with Crippen LogP contribution in [0.3, 0.4) is 0 Å². The van der Waals surface area contributed by atoms with E-state index in [9.17, 15) is 5.11 Å². The second-order valence-electron chi connectivity index (χ2n) is 7.46. The van der Waals surface area contributed by atoms with E-state index in [2.05, 4.69) is 12.6 Å². The third-order valence-electron chi connectivity index (χ3n) is 5.28. The third-order valence-corrected chi connectivity index (χ3v) is 6.54. The quantitative estimate of drug-likeness (QED) is 0.314. The molecule has 1 aliphatic heterocycles. The van der Waals surface area contributed by atoms with Crippen LogP contribution in [0.5, 0.6) is 5.88 Å². The smallest absolute Gasteiger partial charge is 0.211 e. The van der Waals surface area contributed by atoms with Gasteiger partial charge < -0.3 is 5.11 Å². The Hall–Kier alpha value is -3.67. The van der Waals surface area contributed by atoms with Gasteiger partial charge >= 0.3 is 0 Å². The van der Waals surface area contributed by atoms with Crippen molar-refractivity contribution in [3.63, 3.8) is 0 Å². The zero-order chi connectivity index (χ0) is 22.8.